The number of rotatable bonds is 4. The third-order valence-corrected chi connectivity index (χ3v) is 3.49. The molecule has 0 atom stereocenters. The van der Waals surface area contributed by atoms with Crippen LogP contribution in [0.3, 0.4) is 0 Å². The largest absolute Gasteiger partial charge is 0.384 e. The summed E-state index contributed by atoms with van der Waals surface area (Å²) >= 11 is 1.65. The van der Waals surface area contributed by atoms with Crippen molar-refractivity contribution in [3.05, 3.63) is 57.8 Å². The topological polar surface area (TPSA) is 49.3 Å². The van der Waals surface area contributed by atoms with Gasteiger partial charge in [0.1, 0.15) is 6.61 Å². The number of hydrogen-bond donors (Lipinski definition) is 2. The van der Waals surface area contributed by atoms with E-state index in [9.17, 15) is 4.79 Å². The van der Waals surface area contributed by atoms with Crippen LogP contribution < -0.4 is 5.32 Å². The maximum atomic E-state index is 12.1. The molecule has 0 saturated heterocycles. The van der Waals surface area contributed by atoms with Gasteiger partial charge in [-0.15, -0.1) is 0 Å². The predicted octanol–water partition coefficient (Wildman–Crippen LogP) is 2.06. The zero-order valence-electron chi connectivity index (χ0n) is 10.9. The van der Waals surface area contributed by atoms with E-state index in [0.29, 0.717) is 17.7 Å². The van der Waals surface area contributed by atoms with Crippen molar-refractivity contribution in [3.8, 4) is 11.8 Å². The van der Waals surface area contributed by atoms with Crippen LogP contribution in [0.15, 0.2) is 41.1 Å². The van der Waals surface area contributed by atoms with Crippen LogP contribution in [0.1, 0.15) is 21.5 Å². The van der Waals surface area contributed by atoms with Gasteiger partial charge in [-0.3, -0.25) is 4.79 Å². The molecule has 0 radical (unpaired) electrons. The number of carbonyl (C=O) groups is 1. The lowest BCUT2D eigenvalue weighted by Gasteiger charge is -2.06. The smallest absolute Gasteiger partial charge is 0.252 e. The molecule has 0 unspecified atom stereocenters. The summed E-state index contributed by atoms with van der Waals surface area (Å²) in [7, 11) is 0. The summed E-state index contributed by atoms with van der Waals surface area (Å²) in [6.07, 6.45) is 0.819. The molecule has 102 valence electrons. The molecule has 0 bridgehead atoms. The fourth-order valence-electron chi connectivity index (χ4n) is 1.78. The van der Waals surface area contributed by atoms with E-state index >= 15 is 0 Å². The summed E-state index contributed by atoms with van der Waals surface area (Å²) in [5, 5.41) is 15.7. The van der Waals surface area contributed by atoms with E-state index in [1.165, 1.54) is 5.56 Å². The molecule has 0 aliphatic heterocycles. The van der Waals surface area contributed by atoms with E-state index in [1.807, 2.05) is 11.4 Å². The van der Waals surface area contributed by atoms with Gasteiger partial charge in [-0.05, 0) is 40.9 Å². The lowest BCUT2D eigenvalue weighted by Crippen LogP contribution is -2.26. The molecule has 0 spiro atoms. The van der Waals surface area contributed by atoms with Gasteiger partial charge in [0.25, 0.3) is 5.91 Å². The second-order valence-electron chi connectivity index (χ2n) is 4.14. The Hall–Kier alpha value is -2.09. The van der Waals surface area contributed by atoms with Crippen molar-refractivity contribution in [2.45, 2.75) is 6.42 Å². The highest BCUT2D eigenvalue weighted by Crippen LogP contribution is 2.08. The van der Waals surface area contributed by atoms with E-state index in [1.54, 1.807) is 29.5 Å². The van der Waals surface area contributed by atoms with E-state index in [0.717, 1.165) is 6.42 Å². The molecular formula is C16H15NO2S. The molecule has 1 aromatic heterocycles. The van der Waals surface area contributed by atoms with Gasteiger partial charge in [-0.25, -0.2) is 0 Å². The Morgan fingerprint density at radius 2 is 2.15 bits per heavy atom. The third kappa shape index (κ3) is 3.95. The van der Waals surface area contributed by atoms with Crippen LogP contribution in [-0.2, 0) is 6.42 Å². The van der Waals surface area contributed by atoms with Gasteiger partial charge in [0.15, 0.2) is 0 Å². The molecule has 0 aliphatic rings. The van der Waals surface area contributed by atoms with Gasteiger partial charge in [0.2, 0.25) is 0 Å². The molecule has 0 saturated carbocycles. The van der Waals surface area contributed by atoms with Crippen LogP contribution in [0.25, 0.3) is 0 Å². The van der Waals surface area contributed by atoms with Gasteiger partial charge in [-0.2, -0.15) is 11.3 Å². The molecule has 0 aliphatic carbocycles. The lowest BCUT2D eigenvalue weighted by atomic mass is 10.1. The molecule has 2 N–H and O–H groups in total. The first-order chi connectivity index (χ1) is 9.81. The van der Waals surface area contributed by atoms with Crippen molar-refractivity contribution in [1.29, 1.82) is 0 Å². The van der Waals surface area contributed by atoms with Crippen LogP contribution in [0.2, 0.25) is 0 Å². The monoisotopic (exact) mass is 285 g/mol. The highest BCUT2D eigenvalue weighted by atomic mass is 32.1. The van der Waals surface area contributed by atoms with Crippen LogP contribution >= 0.6 is 11.3 Å². The van der Waals surface area contributed by atoms with Gasteiger partial charge in [0.05, 0.1) is 5.56 Å². The van der Waals surface area contributed by atoms with Crippen LogP contribution in [0.4, 0.5) is 0 Å². The highest BCUT2D eigenvalue weighted by Gasteiger charge is 2.08. The SMILES string of the molecule is O=C(NCCc1ccsc1)c1ccccc1C#CCO. The predicted molar refractivity (Wildman–Crippen MR) is 80.8 cm³/mol. The first-order valence-electron chi connectivity index (χ1n) is 6.29. The fraction of sp³-hybridized carbons (Fsp3) is 0.188. The molecule has 3 nitrogen and oxygen atoms in total. The molecule has 1 aromatic carbocycles. The van der Waals surface area contributed by atoms with Gasteiger partial charge in [0, 0.05) is 12.1 Å². The Balaban J connectivity index is 1.98. The van der Waals surface area contributed by atoms with Crippen molar-refractivity contribution >= 4 is 17.2 Å². The van der Waals surface area contributed by atoms with Crippen molar-refractivity contribution in [2.75, 3.05) is 13.2 Å². The van der Waals surface area contributed by atoms with E-state index in [2.05, 4.69) is 28.6 Å². The van der Waals surface area contributed by atoms with Crippen molar-refractivity contribution < 1.29 is 9.90 Å². The van der Waals surface area contributed by atoms with Crippen molar-refractivity contribution in [1.82, 2.24) is 5.32 Å². The lowest BCUT2D eigenvalue weighted by molar-refractivity contribution is 0.0954. The molecule has 20 heavy (non-hydrogen) atoms. The number of thiophene rings is 1. The second kappa shape index (κ2) is 7.49. The third-order valence-electron chi connectivity index (χ3n) is 2.75. The van der Waals surface area contributed by atoms with Gasteiger partial charge >= 0.3 is 0 Å². The fourth-order valence-corrected chi connectivity index (χ4v) is 2.48. The van der Waals surface area contributed by atoms with Crippen LogP contribution in [-0.4, -0.2) is 24.2 Å². The van der Waals surface area contributed by atoms with Gasteiger partial charge in [-0.1, -0.05) is 24.0 Å². The van der Waals surface area contributed by atoms with Crippen LogP contribution in [0.5, 0.6) is 0 Å². The maximum absolute atomic E-state index is 12.1. The molecule has 1 amide bonds. The number of amides is 1. The van der Waals surface area contributed by atoms with E-state index in [4.69, 9.17) is 5.11 Å². The second-order valence-corrected chi connectivity index (χ2v) is 4.92. The molecule has 2 aromatic rings. The number of carbonyl (C=O) groups excluding carboxylic acids is 1. The number of hydrogen-bond acceptors (Lipinski definition) is 3. The number of aliphatic hydroxyl groups is 1. The number of aliphatic hydroxyl groups excluding tert-OH is 1. The Kier molecular flexibility index (Phi) is 5.36. The molecule has 0 fully saturated rings. The quantitative estimate of drug-likeness (QED) is 0.845. The maximum Gasteiger partial charge on any atom is 0.252 e. The summed E-state index contributed by atoms with van der Waals surface area (Å²) in [5.41, 5.74) is 2.40. The first kappa shape index (κ1) is 14.3. The summed E-state index contributed by atoms with van der Waals surface area (Å²) in [6, 6.07) is 9.19. The summed E-state index contributed by atoms with van der Waals surface area (Å²) in [5.74, 6) is 5.22. The Bertz CT molecular complexity index is 623. The van der Waals surface area contributed by atoms with E-state index in [-0.39, 0.29) is 12.5 Å². The summed E-state index contributed by atoms with van der Waals surface area (Å²) in [6.45, 7) is 0.380. The summed E-state index contributed by atoms with van der Waals surface area (Å²) in [4.78, 5) is 12.1. The van der Waals surface area contributed by atoms with E-state index < -0.39 is 0 Å². The highest BCUT2D eigenvalue weighted by molar-refractivity contribution is 7.07. The molecule has 2 rings (SSSR count). The Labute approximate surface area is 122 Å². The van der Waals surface area contributed by atoms with Gasteiger partial charge < -0.3 is 10.4 Å². The molecular weight excluding hydrogens is 270 g/mol. The zero-order chi connectivity index (χ0) is 14.2. The zero-order valence-corrected chi connectivity index (χ0v) is 11.7. The Morgan fingerprint density at radius 1 is 1.30 bits per heavy atom. The molecule has 4 heteroatoms. The first-order valence-corrected chi connectivity index (χ1v) is 7.23. The summed E-state index contributed by atoms with van der Waals surface area (Å²) < 4.78 is 0. The molecule has 1 heterocycles. The van der Waals surface area contributed by atoms with Crippen molar-refractivity contribution in [3.63, 3.8) is 0 Å². The minimum absolute atomic E-state index is 0.136. The minimum Gasteiger partial charge on any atom is -0.384 e. The number of benzene rings is 1. The Morgan fingerprint density at radius 3 is 2.90 bits per heavy atom. The van der Waals surface area contributed by atoms with Crippen molar-refractivity contribution in [2.24, 2.45) is 0 Å². The standard InChI is InChI=1S/C16H15NO2S/c18-10-3-5-14-4-1-2-6-15(14)16(19)17-9-7-13-8-11-20-12-13/h1-2,4,6,8,11-12,18H,7,9-10H2,(H,17,19). The van der Waals surface area contributed by atoms with Crippen LogP contribution in [0, 0.1) is 11.8 Å². The number of nitrogens with one attached hydrogen (secondary N) is 1. The average Bonchev–Trinajstić information content (AvgIpc) is 2.98. The normalized spacial score (nSPS) is 9.65. The average molecular weight is 285 g/mol. The minimum atomic E-state index is -0.214.